The van der Waals surface area contributed by atoms with Crippen molar-refractivity contribution in [1.82, 2.24) is 9.97 Å². The average molecular weight is 268 g/mol. The molecule has 2 rings (SSSR count). The van der Waals surface area contributed by atoms with Gasteiger partial charge in [0, 0.05) is 16.2 Å². The Kier molecular flexibility index (Phi) is 3.86. The molecular weight excluding hydrogens is 252 g/mol. The van der Waals surface area contributed by atoms with Crippen molar-refractivity contribution in [3.8, 4) is 0 Å². The maximum Gasteiger partial charge on any atom is 0.323 e. The van der Waals surface area contributed by atoms with Gasteiger partial charge < -0.3 is 14.7 Å². The molecule has 0 saturated heterocycles. The Bertz CT molecular complexity index is 608. The fourth-order valence-electron chi connectivity index (χ4n) is 1.98. The number of fused-ring (bicyclic) bond motifs is 1. The van der Waals surface area contributed by atoms with Gasteiger partial charge in [-0.05, 0) is 26.2 Å². The zero-order valence-electron chi connectivity index (χ0n) is 10.5. The van der Waals surface area contributed by atoms with Crippen LogP contribution in [0, 0.1) is 6.92 Å². The number of ether oxygens (including phenoxy) is 1. The van der Waals surface area contributed by atoms with E-state index in [1.54, 1.807) is 11.3 Å². The van der Waals surface area contributed by atoms with Gasteiger partial charge in [0.1, 0.15) is 0 Å². The van der Waals surface area contributed by atoms with Crippen molar-refractivity contribution < 1.29 is 9.53 Å². The molecule has 98 valence electrons. The van der Waals surface area contributed by atoms with Crippen LogP contribution in [0.15, 0.2) is 4.79 Å². The van der Waals surface area contributed by atoms with Crippen LogP contribution in [0.25, 0.3) is 11.0 Å². The highest BCUT2D eigenvalue weighted by Gasteiger charge is 2.11. The topological polar surface area (TPSA) is 75.0 Å². The Morgan fingerprint density at radius 3 is 2.72 bits per heavy atom. The maximum absolute atomic E-state index is 11.2. The molecule has 0 fully saturated rings. The molecule has 0 aliphatic carbocycles. The summed E-state index contributed by atoms with van der Waals surface area (Å²) in [5.41, 5.74) is 1.67. The number of aryl methyl sites for hydroxylation is 2. The first-order valence-corrected chi connectivity index (χ1v) is 6.70. The predicted octanol–water partition coefficient (Wildman–Crippen LogP) is 2.11. The van der Waals surface area contributed by atoms with Crippen molar-refractivity contribution in [3.63, 3.8) is 0 Å². The summed E-state index contributed by atoms with van der Waals surface area (Å²) in [5, 5.41) is 0. The SMILES string of the molecule is COC(=O)CCCCc1sc(C)c2[nH]c(=O)[nH]c12. The number of carbonyl (C=O) groups is 1. The van der Waals surface area contributed by atoms with Crippen LogP contribution < -0.4 is 5.69 Å². The summed E-state index contributed by atoms with van der Waals surface area (Å²) < 4.78 is 4.59. The summed E-state index contributed by atoms with van der Waals surface area (Å²) in [5.74, 6) is -0.169. The number of thiophene rings is 1. The van der Waals surface area contributed by atoms with E-state index >= 15 is 0 Å². The summed E-state index contributed by atoms with van der Waals surface area (Å²) in [7, 11) is 1.40. The number of carbonyl (C=O) groups excluding carboxylic acids is 1. The molecule has 5 nitrogen and oxygen atoms in total. The van der Waals surface area contributed by atoms with Crippen molar-refractivity contribution in [1.29, 1.82) is 0 Å². The highest BCUT2D eigenvalue weighted by molar-refractivity contribution is 7.13. The lowest BCUT2D eigenvalue weighted by Gasteiger charge is -1.99. The van der Waals surface area contributed by atoms with Crippen LogP contribution in [0.5, 0.6) is 0 Å². The van der Waals surface area contributed by atoms with Crippen LogP contribution in [-0.2, 0) is 16.0 Å². The van der Waals surface area contributed by atoms with Gasteiger partial charge in [-0.3, -0.25) is 4.79 Å². The minimum atomic E-state index is -0.169. The number of unbranched alkanes of at least 4 members (excludes halogenated alkanes) is 1. The number of hydrogen-bond acceptors (Lipinski definition) is 4. The number of imidazole rings is 1. The number of nitrogens with one attached hydrogen (secondary N) is 2. The third kappa shape index (κ3) is 2.64. The van der Waals surface area contributed by atoms with E-state index in [-0.39, 0.29) is 11.7 Å². The quantitative estimate of drug-likeness (QED) is 0.644. The lowest BCUT2D eigenvalue weighted by Crippen LogP contribution is -2.01. The molecule has 0 amide bonds. The van der Waals surface area contributed by atoms with E-state index in [4.69, 9.17) is 0 Å². The summed E-state index contributed by atoms with van der Waals surface area (Å²) in [6, 6.07) is 0. The summed E-state index contributed by atoms with van der Waals surface area (Å²) in [6.45, 7) is 1.99. The van der Waals surface area contributed by atoms with E-state index in [0.717, 1.165) is 35.2 Å². The molecule has 0 unspecified atom stereocenters. The van der Waals surface area contributed by atoms with Gasteiger partial charge in [-0.1, -0.05) is 0 Å². The van der Waals surface area contributed by atoms with E-state index in [1.165, 1.54) is 12.0 Å². The van der Waals surface area contributed by atoms with Gasteiger partial charge in [0.25, 0.3) is 0 Å². The lowest BCUT2D eigenvalue weighted by atomic mass is 10.1. The Balaban J connectivity index is 1.99. The number of aromatic nitrogens is 2. The molecule has 2 N–H and O–H groups in total. The van der Waals surface area contributed by atoms with Crippen LogP contribution >= 0.6 is 11.3 Å². The van der Waals surface area contributed by atoms with E-state index in [2.05, 4.69) is 14.7 Å². The van der Waals surface area contributed by atoms with E-state index < -0.39 is 0 Å². The molecule has 0 bridgehead atoms. The first-order valence-electron chi connectivity index (χ1n) is 5.89. The van der Waals surface area contributed by atoms with Crippen LogP contribution in [0.1, 0.15) is 29.0 Å². The second-order valence-corrected chi connectivity index (χ2v) is 5.50. The van der Waals surface area contributed by atoms with Gasteiger partial charge >= 0.3 is 11.7 Å². The van der Waals surface area contributed by atoms with Crippen LogP contribution in [0.2, 0.25) is 0 Å². The molecule has 0 radical (unpaired) electrons. The van der Waals surface area contributed by atoms with Gasteiger partial charge in [0.05, 0.1) is 18.1 Å². The number of methoxy groups -OCH3 is 1. The fourth-order valence-corrected chi connectivity index (χ4v) is 3.10. The standard InChI is InChI=1S/C12H16N2O3S/c1-7-10-11(14-12(16)13-10)8(18-7)5-3-4-6-9(15)17-2/h3-6H2,1-2H3,(H2,13,14,16). The van der Waals surface area contributed by atoms with Gasteiger partial charge in [-0.25, -0.2) is 4.79 Å². The van der Waals surface area contributed by atoms with Gasteiger partial charge in [0.2, 0.25) is 0 Å². The molecule has 0 aliphatic rings. The Morgan fingerprint density at radius 1 is 1.28 bits per heavy atom. The van der Waals surface area contributed by atoms with Crippen molar-refractivity contribution in [2.24, 2.45) is 0 Å². The molecule has 2 aromatic rings. The molecule has 2 heterocycles. The van der Waals surface area contributed by atoms with E-state index in [0.29, 0.717) is 6.42 Å². The number of aromatic amines is 2. The fraction of sp³-hybridized carbons (Fsp3) is 0.500. The van der Waals surface area contributed by atoms with Crippen LogP contribution in [-0.4, -0.2) is 23.0 Å². The molecular formula is C12H16N2O3S. The molecule has 0 spiro atoms. The number of H-pyrrole nitrogens is 2. The number of esters is 1. The van der Waals surface area contributed by atoms with Crippen LogP contribution in [0.4, 0.5) is 0 Å². The number of hydrogen-bond donors (Lipinski definition) is 2. The highest BCUT2D eigenvalue weighted by Crippen LogP contribution is 2.28. The predicted molar refractivity (Wildman–Crippen MR) is 71.1 cm³/mol. The third-order valence-electron chi connectivity index (χ3n) is 2.90. The summed E-state index contributed by atoms with van der Waals surface area (Å²) in [6.07, 6.45) is 3.05. The Labute approximate surface area is 108 Å². The normalized spacial score (nSPS) is 11.0. The van der Waals surface area contributed by atoms with Gasteiger partial charge in [-0.2, -0.15) is 0 Å². The molecule has 0 atom stereocenters. The van der Waals surface area contributed by atoms with Gasteiger partial charge in [-0.15, -0.1) is 11.3 Å². The monoisotopic (exact) mass is 268 g/mol. The molecule has 0 aromatic carbocycles. The highest BCUT2D eigenvalue weighted by atomic mass is 32.1. The van der Waals surface area contributed by atoms with Crippen molar-refractivity contribution in [2.75, 3.05) is 7.11 Å². The summed E-state index contributed by atoms with van der Waals surface area (Å²) in [4.78, 5) is 30.1. The maximum atomic E-state index is 11.2. The smallest absolute Gasteiger partial charge is 0.323 e. The summed E-state index contributed by atoms with van der Waals surface area (Å²) >= 11 is 1.69. The Hall–Kier alpha value is -1.56. The third-order valence-corrected chi connectivity index (χ3v) is 4.06. The van der Waals surface area contributed by atoms with Gasteiger partial charge in [0.15, 0.2) is 0 Å². The molecule has 0 aliphatic heterocycles. The zero-order valence-corrected chi connectivity index (χ0v) is 11.3. The largest absolute Gasteiger partial charge is 0.469 e. The Morgan fingerprint density at radius 2 is 2.00 bits per heavy atom. The lowest BCUT2D eigenvalue weighted by molar-refractivity contribution is -0.140. The first kappa shape index (κ1) is 12.9. The first-order chi connectivity index (χ1) is 8.61. The molecule has 2 aromatic heterocycles. The minimum absolute atomic E-state index is 0.160. The molecule has 6 heteroatoms. The second kappa shape index (κ2) is 5.39. The van der Waals surface area contributed by atoms with Crippen LogP contribution in [0.3, 0.4) is 0 Å². The van der Waals surface area contributed by atoms with E-state index in [1.807, 2.05) is 6.92 Å². The van der Waals surface area contributed by atoms with Crippen molar-refractivity contribution in [2.45, 2.75) is 32.6 Å². The van der Waals surface area contributed by atoms with Crippen molar-refractivity contribution in [3.05, 3.63) is 20.2 Å². The van der Waals surface area contributed by atoms with E-state index in [9.17, 15) is 9.59 Å². The van der Waals surface area contributed by atoms with Crippen molar-refractivity contribution >= 4 is 28.3 Å². The second-order valence-electron chi connectivity index (χ2n) is 4.19. The average Bonchev–Trinajstić information content (AvgIpc) is 2.85. The number of rotatable bonds is 5. The zero-order chi connectivity index (χ0) is 13.1. The molecule has 0 saturated carbocycles. The minimum Gasteiger partial charge on any atom is -0.469 e. The molecule has 18 heavy (non-hydrogen) atoms.